The van der Waals surface area contributed by atoms with Crippen molar-refractivity contribution < 1.29 is 27.8 Å². The van der Waals surface area contributed by atoms with E-state index in [9.17, 15) is 13.2 Å². The number of benzene rings is 1. The number of fused-ring (bicyclic) bond motifs is 1. The van der Waals surface area contributed by atoms with Crippen molar-refractivity contribution in [2.75, 3.05) is 13.2 Å². The second-order valence-electron chi connectivity index (χ2n) is 3.92. The van der Waals surface area contributed by atoms with Crippen molar-refractivity contribution >= 4 is 0 Å². The van der Waals surface area contributed by atoms with E-state index in [4.69, 9.17) is 20.3 Å². The van der Waals surface area contributed by atoms with Crippen LogP contribution in [0.4, 0.5) is 13.2 Å². The zero-order chi connectivity index (χ0) is 13.3. The van der Waals surface area contributed by atoms with Crippen LogP contribution in [0, 0.1) is 0 Å². The van der Waals surface area contributed by atoms with Crippen LogP contribution in [0.2, 0.25) is 0 Å². The van der Waals surface area contributed by atoms with Crippen molar-refractivity contribution in [2.45, 2.75) is 18.3 Å². The first-order valence-corrected chi connectivity index (χ1v) is 5.29. The number of rotatable bonds is 2. The molecule has 1 aliphatic rings. The van der Waals surface area contributed by atoms with E-state index in [0.29, 0.717) is 24.7 Å². The number of hydrogen-bond acceptors (Lipinski definition) is 4. The third-order valence-electron chi connectivity index (χ3n) is 2.63. The molecule has 18 heavy (non-hydrogen) atoms. The standard InChI is InChI=1S/C11H12F3NO3/c12-11(13,14)10(16)9(15)6-1-2-7-8(5-6)18-4-3-17-7/h1-2,5,9-10,16H,3-4,15H2/t9-,10-/m1/s1. The van der Waals surface area contributed by atoms with Gasteiger partial charge in [-0.05, 0) is 17.7 Å². The molecule has 0 unspecified atom stereocenters. The molecule has 0 saturated heterocycles. The van der Waals surface area contributed by atoms with Crippen LogP contribution in [0.15, 0.2) is 18.2 Å². The fraction of sp³-hybridized carbons (Fsp3) is 0.455. The summed E-state index contributed by atoms with van der Waals surface area (Å²) in [6.45, 7) is 0.719. The molecule has 2 rings (SSSR count). The predicted molar refractivity (Wildman–Crippen MR) is 56.4 cm³/mol. The van der Waals surface area contributed by atoms with Gasteiger partial charge in [-0.2, -0.15) is 13.2 Å². The smallest absolute Gasteiger partial charge is 0.416 e. The molecule has 1 aliphatic heterocycles. The molecule has 3 N–H and O–H groups in total. The number of alkyl halides is 3. The number of halogens is 3. The van der Waals surface area contributed by atoms with E-state index >= 15 is 0 Å². The summed E-state index contributed by atoms with van der Waals surface area (Å²) in [6, 6.07) is 2.66. The first kappa shape index (κ1) is 13.0. The van der Waals surface area contributed by atoms with Crippen LogP contribution in [-0.4, -0.2) is 30.6 Å². The van der Waals surface area contributed by atoms with Crippen LogP contribution in [0.5, 0.6) is 11.5 Å². The van der Waals surface area contributed by atoms with E-state index < -0.39 is 18.3 Å². The topological polar surface area (TPSA) is 64.7 Å². The molecular weight excluding hydrogens is 251 g/mol. The number of hydrogen-bond donors (Lipinski definition) is 2. The Hall–Kier alpha value is -1.47. The Labute approximate surface area is 101 Å². The average molecular weight is 263 g/mol. The lowest BCUT2D eigenvalue weighted by Gasteiger charge is -2.24. The Morgan fingerprint density at radius 3 is 2.39 bits per heavy atom. The van der Waals surface area contributed by atoms with E-state index in [1.807, 2.05) is 0 Å². The monoisotopic (exact) mass is 263 g/mol. The Morgan fingerprint density at radius 2 is 1.78 bits per heavy atom. The third kappa shape index (κ3) is 2.51. The van der Waals surface area contributed by atoms with Crippen LogP contribution in [0.3, 0.4) is 0 Å². The van der Waals surface area contributed by atoms with E-state index in [1.54, 1.807) is 0 Å². The summed E-state index contributed by atoms with van der Waals surface area (Å²) in [5, 5.41) is 9.09. The molecule has 7 heteroatoms. The van der Waals surface area contributed by atoms with E-state index in [-0.39, 0.29) is 5.56 Å². The van der Waals surface area contributed by atoms with Gasteiger partial charge in [0.1, 0.15) is 13.2 Å². The van der Waals surface area contributed by atoms with Gasteiger partial charge >= 0.3 is 6.18 Å². The second kappa shape index (κ2) is 4.66. The van der Waals surface area contributed by atoms with Gasteiger partial charge in [-0.1, -0.05) is 6.07 Å². The Balaban J connectivity index is 2.23. The highest BCUT2D eigenvalue weighted by atomic mass is 19.4. The number of aliphatic hydroxyl groups is 1. The Bertz CT molecular complexity index is 436. The van der Waals surface area contributed by atoms with E-state index in [2.05, 4.69) is 0 Å². The highest BCUT2D eigenvalue weighted by Gasteiger charge is 2.42. The predicted octanol–water partition coefficient (Wildman–Crippen LogP) is 1.38. The maximum atomic E-state index is 12.3. The van der Waals surface area contributed by atoms with Crippen LogP contribution < -0.4 is 15.2 Å². The molecule has 0 aliphatic carbocycles. The van der Waals surface area contributed by atoms with Crippen molar-refractivity contribution in [1.82, 2.24) is 0 Å². The molecule has 0 spiro atoms. The maximum Gasteiger partial charge on any atom is 0.416 e. The molecule has 1 aromatic rings. The number of aliphatic hydroxyl groups excluding tert-OH is 1. The molecule has 0 radical (unpaired) electrons. The SMILES string of the molecule is N[C@H](c1ccc2c(c1)OCCO2)[C@@H](O)C(F)(F)F. The molecule has 0 bridgehead atoms. The van der Waals surface area contributed by atoms with Crippen molar-refractivity contribution in [3.8, 4) is 11.5 Å². The summed E-state index contributed by atoms with van der Waals surface area (Å²) in [5.41, 5.74) is 5.53. The molecule has 1 heterocycles. The summed E-state index contributed by atoms with van der Waals surface area (Å²) in [5.74, 6) is 0.794. The van der Waals surface area contributed by atoms with Crippen molar-refractivity contribution in [1.29, 1.82) is 0 Å². The van der Waals surface area contributed by atoms with Gasteiger partial charge in [0.25, 0.3) is 0 Å². The molecule has 2 atom stereocenters. The number of ether oxygens (including phenoxy) is 2. The summed E-state index contributed by atoms with van der Waals surface area (Å²) in [6.07, 6.45) is -7.37. The van der Waals surface area contributed by atoms with Gasteiger partial charge in [-0.3, -0.25) is 0 Å². The van der Waals surface area contributed by atoms with Crippen molar-refractivity contribution in [3.05, 3.63) is 23.8 Å². The lowest BCUT2D eigenvalue weighted by atomic mass is 10.0. The second-order valence-corrected chi connectivity index (χ2v) is 3.92. The third-order valence-corrected chi connectivity index (χ3v) is 2.63. The Morgan fingerprint density at radius 1 is 1.17 bits per heavy atom. The van der Waals surface area contributed by atoms with Gasteiger partial charge in [-0.15, -0.1) is 0 Å². The van der Waals surface area contributed by atoms with Crippen molar-refractivity contribution in [2.24, 2.45) is 5.73 Å². The largest absolute Gasteiger partial charge is 0.486 e. The molecule has 0 fully saturated rings. The normalized spacial score (nSPS) is 18.3. The van der Waals surface area contributed by atoms with Crippen molar-refractivity contribution in [3.63, 3.8) is 0 Å². The minimum atomic E-state index is -4.76. The van der Waals surface area contributed by atoms with Gasteiger partial charge in [0.05, 0.1) is 6.04 Å². The molecule has 4 nitrogen and oxygen atoms in total. The van der Waals surface area contributed by atoms with Gasteiger partial charge in [0.15, 0.2) is 17.6 Å². The maximum absolute atomic E-state index is 12.3. The van der Waals surface area contributed by atoms with Crippen LogP contribution in [-0.2, 0) is 0 Å². The highest BCUT2D eigenvalue weighted by molar-refractivity contribution is 5.44. The zero-order valence-corrected chi connectivity index (χ0v) is 9.28. The van der Waals surface area contributed by atoms with Gasteiger partial charge in [-0.25, -0.2) is 0 Å². The molecular formula is C11H12F3NO3. The summed E-state index contributed by atoms with van der Waals surface area (Å²) >= 11 is 0. The molecule has 1 aromatic carbocycles. The summed E-state index contributed by atoms with van der Waals surface area (Å²) in [4.78, 5) is 0. The fourth-order valence-corrected chi connectivity index (χ4v) is 1.65. The summed E-state index contributed by atoms with van der Waals surface area (Å²) < 4.78 is 47.5. The highest BCUT2D eigenvalue weighted by Crippen LogP contribution is 2.35. The summed E-state index contributed by atoms with van der Waals surface area (Å²) in [7, 11) is 0. The minimum Gasteiger partial charge on any atom is -0.486 e. The number of nitrogens with two attached hydrogens (primary N) is 1. The molecule has 100 valence electrons. The van der Waals surface area contributed by atoms with E-state index in [1.165, 1.54) is 18.2 Å². The fourth-order valence-electron chi connectivity index (χ4n) is 1.65. The average Bonchev–Trinajstić information content (AvgIpc) is 2.35. The lowest BCUT2D eigenvalue weighted by molar-refractivity contribution is -0.210. The first-order chi connectivity index (χ1) is 8.39. The van der Waals surface area contributed by atoms with E-state index in [0.717, 1.165) is 0 Å². The molecule has 0 saturated carbocycles. The minimum absolute atomic E-state index is 0.143. The van der Waals surface area contributed by atoms with Gasteiger partial charge < -0.3 is 20.3 Å². The van der Waals surface area contributed by atoms with Gasteiger partial charge in [0, 0.05) is 0 Å². The quantitative estimate of drug-likeness (QED) is 0.846. The van der Waals surface area contributed by atoms with Gasteiger partial charge in [0.2, 0.25) is 0 Å². The zero-order valence-electron chi connectivity index (χ0n) is 9.28. The van der Waals surface area contributed by atoms with Crippen LogP contribution in [0.1, 0.15) is 11.6 Å². The lowest BCUT2D eigenvalue weighted by Crippen LogP contribution is -2.38. The first-order valence-electron chi connectivity index (χ1n) is 5.29. The van der Waals surface area contributed by atoms with Crippen LogP contribution in [0.25, 0.3) is 0 Å². The Kier molecular flexibility index (Phi) is 3.36. The molecule has 0 aromatic heterocycles. The molecule has 0 amide bonds. The van der Waals surface area contributed by atoms with Crippen LogP contribution >= 0.6 is 0 Å².